The quantitative estimate of drug-likeness (QED) is 0.888. The smallest absolute Gasteiger partial charge is 0.217 e. The van der Waals surface area contributed by atoms with E-state index in [2.05, 4.69) is 42.1 Å². The van der Waals surface area contributed by atoms with Gasteiger partial charge in [-0.1, -0.05) is 13.0 Å². The van der Waals surface area contributed by atoms with Crippen LogP contribution in [0.1, 0.15) is 34.1 Å². The summed E-state index contributed by atoms with van der Waals surface area (Å²) in [6.45, 7) is 7.17. The molecule has 20 heavy (non-hydrogen) atoms. The maximum Gasteiger partial charge on any atom is 0.217 e. The Bertz CT molecular complexity index is 548. The fraction of sp³-hybridized carbons (Fsp3) is 0.467. The first-order valence-corrected chi connectivity index (χ1v) is 7.62. The number of nitrogens with zero attached hydrogens (tertiary/aromatic N) is 2. The summed E-state index contributed by atoms with van der Waals surface area (Å²) in [5, 5.41) is 4.65. The Morgan fingerprint density at radius 1 is 1.40 bits per heavy atom. The number of likely N-dealkylation sites (N-methyl/N-ethyl adjacent to an activating group) is 1. The number of aryl methyl sites for hydroxylation is 2. The van der Waals surface area contributed by atoms with Crippen molar-refractivity contribution < 1.29 is 4.74 Å². The highest BCUT2D eigenvalue weighted by Crippen LogP contribution is 2.27. The van der Waals surface area contributed by atoms with Gasteiger partial charge in [0.1, 0.15) is 0 Å². The van der Waals surface area contributed by atoms with E-state index < -0.39 is 0 Å². The molecule has 0 saturated carbocycles. The number of hydrogen-bond donors (Lipinski definition) is 1. The minimum Gasteiger partial charge on any atom is -0.481 e. The normalized spacial score (nSPS) is 12.4. The van der Waals surface area contributed by atoms with Crippen LogP contribution in [-0.2, 0) is 6.42 Å². The first-order valence-electron chi connectivity index (χ1n) is 6.80. The number of nitrogens with one attached hydrogen (secondary N) is 1. The maximum atomic E-state index is 5.37. The number of rotatable bonds is 6. The van der Waals surface area contributed by atoms with Crippen molar-refractivity contribution >= 4 is 11.3 Å². The maximum absolute atomic E-state index is 5.37. The highest BCUT2D eigenvalue weighted by atomic mass is 32.1. The molecule has 0 aromatic carbocycles. The lowest BCUT2D eigenvalue weighted by atomic mass is 10.1. The van der Waals surface area contributed by atoms with Gasteiger partial charge < -0.3 is 10.1 Å². The Morgan fingerprint density at radius 3 is 2.80 bits per heavy atom. The molecule has 1 unspecified atom stereocenters. The van der Waals surface area contributed by atoms with Crippen LogP contribution in [0.25, 0.3) is 0 Å². The van der Waals surface area contributed by atoms with E-state index in [0.29, 0.717) is 5.88 Å². The van der Waals surface area contributed by atoms with E-state index in [1.807, 2.05) is 6.07 Å². The van der Waals surface area contributed by atoms with E-state index in [-0.39, 0.29) is 6.04 Å². The minimum absolute atomic E-state index is 0.175. The van der Waals surface area contributed by atoms with Gasteiger partial charge in [0.15, 0.2) is 0 Å². The molecule has 0 spiro atoms. The average Bonchev–Trinajstić information content (AvgIpc) is 2.77. The van der Waals surface area contributed by atoms with E-state index in [9.17, 15) is 0 Å². The first kappa shape index (κ1) is 14.9. The van der Waals surface area contributed by atoms with Crippen LogP contribution in [-0.4, -0.2) is 23.6 Å². The zero-order chi connectivity index (χ0) is 14.5. The predicted molar refractivity (Wildman–Crippen MR) is 82.5 cm³/mol. The highest BCUT2D eigenvalue weighted by molar-refractivity contribution is 7.11. The van der Waals surface area contributed by atoms with Crippen LogP contribution in [0.3, 0.4) is 0 Å². The lowest BCUT2D eigenvalue weighted by Gasteiger charge is -2.18. The largest absolute Gasteiger partial charge is 0.481 e. The average molecular weight is 291 g/mol. The molecule has 2 aromatic rings. The summed E-state index contributed by atoms with van der Waals surface area (Å²) in [5.41, 5.74) is 2.21. The zero-order valence-corrected chi connectivity index (χ0v) is 13.3. The number of hydrogen-bond acceptors (Lipinski definition) is 5. The van der Waals surface area contributed by atoms with Crippen LogP contribution in [0.5, 0.6) is 5.88 Å². The van der Waals surface area contributed by atoms with Gasteiger partial charge >= 0.3 is 0 Å². The number of pyridine rings is 1. The summed E-state index contributed by atoms with van der Waals surface area (Å²) in [6.07, 6.45) is 2.61. The molecule has 1 N–H and O–H groups in total. The molecule has 0 bridgehead atoms. The van der Waals surface area contributed by atoms with Crippen molar-refractivity contribution in [3.05, 3.63) is 39.5 Å². The van der Waals surface area contributed by atoms with Crippen molar-refractivity contribution in [3.8, 4) is 5.88 Å². The van der Waals surface area contributed by atoms with Gasteiger partial charge in [0.2, 0.25) is 5.88 Å². The Labute approximate surface area is 124 Å². The third-order valence-electron chi connectivity index (χ3n) is 3.27. The molecule has 108 valence electrons. The lowest BCUT2D eigenvalue weighted by molar-refractivity contribution is 0.382. The lowest BCUT2D eigenvalue weighted by Crippen LogP contribution is -2.23. The van der Waals surface area contributed by atoms with Gasteiger partial charge in [-0.25, -0.2) is 9.97 Å². The van der Waals surface area contributed by atoms with E-state index in [0.717, 1.165) is 29.2 Å². The molecular formula is C15H21N3OS. The molecule has 0 aliphatic rings. The van der Waals surface area contributed by atoms with Crippen LogP contribution < -0.4 is 10.1 Å². The van der Waals surface area contributed by atoms with Gasteiger partial charge in [-0.2, -0.15) is 0 Å². The Morgan fingerprint density at radius 2 is 2.20 bits per heavy atom. The van der Waals surface area contributed by atoms with Crippen molar-refractivity contribution in [1.82, 2.24) is 15.3 Å². The van der Waals surface area contributed by atoms with Gasteiger partial charge in [-0.3, -0.25) is 0 Å². The summed E-state index contributed by atoms with van der Waals surface area (Å²) in [7, 11) is 1.66. The van der Waals surface area contributed by atoms with Gasteiger partial charge in [0.05, 0.1) is 17.8 Å². The second-order valence-electron chi connectivity index (χ2n) is 4.67. The molecule has 0 amide bonds. The van der Waals surface area contributed by atoms with Crippen molar-refractivity contribution in [2.75, 3.05) is 13.7 Å². The zero-order valence-electron chi connectivity index (χ0n) is 12.4. The number of aromatic nitrogens is 2. The van der Waals surface area contributed by atoms with E-state index in [1.165, 1.54) is 4.88 Å². The van der Waals surface area contributed by atoms with Crippen LogP contribution in [0.2, 0.25) is 0 Å². The molecule has 2 rings (SSSR count). The molecule has 0 saturated heterocycles. The van der Waals surface area contributed by atoms with E-state index >= 15 is 0 Å². The number of methoxy groups -OCH3 is 1. The molecule has 4 nitrogen and oxygen atoms in total. The summed E-state index contributed by atoms with van der Waals surface area (Å²) < 4.78 is 5.37. The molecule has 2 heterocycles. The van der Waals surface area contributed by atoms with Gasteiger partial charge in [0, 0.05) is 29.1 Å². The Balaban J connectivity index is 2.26. The van der Waals surface area contributed by atoms with Gasteiger partial charge in [0.25, 0.3) is 0 Å². The molecule has 0 radical (unpaired) electrons. The van der Waals surface area contributed by atoms with E-state index in [4.69, 9.17) is 4.74 Å². The Kier molecular flexibility index (Phi) is 5.09. The topological polar surface area (TPSA) is 47.0 Å². The monoisotopic (exact) mass is 291 g/mol. The predicted octanol–water partition coefficient (Wildman–Crippen LogP) is 3.06. The van der Waals surface area contributed by atoms with Crippen molar-refractivity contribution in [2.45, 2.75) is 33.2 Å². The molecule has 1 atom stereocenters. The fourth-order valence-corrected chi connectivity index (χ4v) is 3.16. The summed E-state index contributed by atoms with van der Waals surface area (Å²) >= 11 is 1.76. The van der Waals surface area contributed by atoms with Gasteiger partial charge in [-0.05, 0) is 26.5 Å². The van der Waals surface area contributed by atoms with Crippen LogP contribution in [0.15, 0.2) is 18.3 Å². The summed E-state index contributed by atoms with van der Waals surface area (Å²) in [6, 6.07) is 4.18. The van der Waals surface area contributed by atoms with Crippen LogP contribution in [0.4, 0.5) is 0 Å². The number of thiazole rings is 1. The molecule has 0 aliphatic carbocycles. The highest BCUT2D eigenvalue weighted by Gasteiger charge is 2.18. The Hall–Kier alpha value is -1.46. The standard InChI is InChI=1S/C15H21N3OS/c1-5-16-13(9-14-18-10(2)11(3)20-14)12-7-6-8-17-15(12)19-4/h6-8,13,16H,5,9H2,1-4H3. The van der Waals surface area contributed by atoms with Crippen molar-refractivity contribution in [3.63, 3.8) is 0 Å². The molecule has 2 aromatic heterocycles. The fourth-order valence-electron chi connectivity index (χ4n) is 2.18. The second-order valence-corrected chi connectivity index (χ2v) is 5.95. The van der Waals surface area contributed by atoms with Crippen LogP contribution >= 0.6 is 11.3 Å². The van der Waals surface area contributed by atoms with Crippen molar-refractivity contribution in [1.29, 1.82) is 0 Å². The molecule has 0 fully saturated rings. The molecule has 5 heteroatoms. The van der Waals surface area contributed by atoms with Crippen LogP contribution in [0, 0.1) is 13.8 Å². The molecule has 0 aliphatic heterocycles. The second kappa shape index (κ2) is 6.81. The first-order chi connectivity index (χ1) is 9.65. The van der Waals surface area contributed by atoms with E-state index in [1.54, 1.807) is 24.6 Å². The molecular weight excluding hydrogens is 270 g/mol. The third kappa shape index (κ3) is 3.35. The number of ether oxygens (including phenoxy) is 1. The SMILES string of the molecule is CCNC(Cc1nc(C)c(C)s1)c1cccnc1OC. The third-order valence-corrected chi connectivity index (χ3v) is 4.37. The van der Waals surface area contributed by atoms with Gasteiger partial charge in [-0.15, -0.1) is 11.3 Å². The van der Waals surface area contributed by atoms with Crippen molar-refractivity contribution in [2.24, 2.45) is 0 Å². The minimum atomic E-state index is 0.175. The summed E-state index contributed by atoms with van der Waals surface area (Å²) in [5.74, 6) is 0.684. The summed E-state index contributed by atoms with van der Waals surface area (Å²) in [4.78, 5) is 10.2.